The van der Waals surface area contributed by atoms with E-state index in [1.54, 1.807) is 18.2 Å². The van der Waals surface area contributed by atoms with Gasteiger partial charge in [0.1, 0.15) is 19.0 Å². The van der Waals surface area contributed by atoms with Gasteiger partial charge in [0.15, 0.2) is 11.5 Å². The lowest BCUT2D eigenvalue weighted by Gasteiger charge is -2.26. The van der Waals surface area contributed by atoms with E-state index >= 15 is 0 Å². The van der Waals surface area contributed by atoms with E-state index < -0.39 is 17.7 Å². The summed E-state index contributed by atoms with van der Waals surface area (Å²) in [5, 5.41) is 11.3. The van der Waals surface area contributed by atoms with Crippen molar-refractivity contribution < 1.29 is 24.2 Å². The number of ether oxygens (including phenoxy) is 2. The molecule has 0 aromatic heterocycles. The fourth-order valence-corrected chi connectivity index (χ4v) is 4.61. The topological polar surface area (TPSA) is 76.1 Å². The lowest BCUT2D eigenvalue weighted by molar-refractivity contribution is -0.140. The Bertz CT molecular complexity index is 1270. The molecule has 0 unspecified atom stereocenters. The smallest absolute Gasteiger partial charge is 0.295 e. The number of carbonyl (C=O) groups excluding carboxylic acids is 2. The van der Waals surface area contributed by atoms with Gasteiger partial charge in [-0.2, -0.15) is 0 Å². The Labute approximate surface area is 199 Å². The van der Waals surface area contributed by atoms with E-state index in [1.807, 2.05) is 54.6 Å². The van der Waals surface area contributed by atoms with Crippen molar-refractivity contribution in [3.63, 3.8) is 0 Å². The number of nitrogens with zero attached hydrogens (tertiary/aromatic N) is 1. The number of aliphatic hydroxyl groups is 1. The first-order valence-electron chi connectivity index (χ1n) is 10.5. The summed E-state index contributed by atoms with van der Waals surface area (Å²) in [5.74, 6) is -0.550. The summed E-state index contributed by atoms with van der Waals surface area (Å²) in [6.45, 7) is 1.09. The summed E-state index contributed by atoms with van der Waals surface area (Å²) in [6.07, 6.45) is 0. The predicted octanol–water partition coefficient (Wildman–Crippen LogP) is 4.84. The van der Waals surface area contributed by atoms with Crippen LogP contribution in [-0.4, -0.2) is 34.9 Å². The van der Waals surface area contributed by atoms with Crippen molar-refractivity contribution in [3.05, 3.63) is 99.5 Å². The minimum absolute atomic E-state index is 0.0470. The van der Waals surface area contributed by atoms with Crippen molar-refractivity contribution in [1.82, 2.24) is 4.90 Å². The molecule has 1 saturated heterocycles. The highest BCUT2D eigenvalue weighted by molar-refractivity contribution is 9.10. The van der Waals surface area contributed by atoms with Crippen molar-refractivity contribution in [2.24, 2.45) is 0 Å². The van der Waals surface area contributed by atoms with Crippen LogP contribution >= 0.6 is 15.9 Å². The molecule has 6 nitrogen and oxygen atoms in total. The largest absolute Gasteiger partial charge is 0.507 e. The maximum absolute atomic E-state index is 13.2. The van der Waals surface area contributed by atoms with Crippen LogP contribution in [0.2, 0.25) is 0 Å². The highest BCUT2D eigenvalue weighted by Gasteiger charge is 2.46. The number of aliphatic hydroxyl groups excluding tert-OH is 1. The SMILES string of the molecule is O=C1C(=O)N(Cc2ccccc2)[C@H](c2cccc(Br)c2)C1=C(O)c1ccc2c(c1)OCCO2. The van der Waals surface area contributed by atoms with E-state index in [0.29, 0.717) is 30.3 Å². The summed E-state index contributed by atoms with van der Waals surface area (Å²) in [5.41, 5.74) is 2.04. The van der Waals surface area contributed by atoms with E-state index in [1.165, 1.54) is 4.90 Å². The molecule has 1 N–H and O–H groups in total. The third kappa shape index (κ3) is 4.00. The molecule has 5 rings (SSSR count). The number of ketones is 1. The number of hydrogen-bond donors (Lipinski definition) is 1. The van der Waals surface area contributed by atoms with Gasteiger partial charge in [-0.05, 0) is 41.5 Å². The lowest BCUT2D eigenvalue weighted by atomic mass is 9.95. The first-order valence-corrected chi connectivity index (χ1v) is 11.3. The number of halogens is 1. The van der Waals surface area contributed by atoms with Gasteiger partial charge in [0.2, 0.25) is 0 Å². The molecule has 1 amide bonds. The Morgan fingerprint density at radius 1 is 0.939 bits per heavy atom. The van der Waals surface area contributed by atoms with Crippen LogP contribution in [0.5, 0.6) is 11.5 Å². The minimum atomic E-state index is -0.740. The van der Waals surface area contributed by atoms with Crippen LogP contribution in [0.1, 0.15) is 22.7 Å². The molecule has 0 bridgehead atoms. The monoisotopic (exact) mass is 505 g/mol. The summed E-state index contributed by atoms with van der Waals surface area (Å²) in [7, 11) is 0. The summed E-state index contributed by atoms with van der Waals surface area (Å²) >= 11 is 3.47. The van der Waals surface area contributed by atoms with Crippen LogP contribution < -0.4 is 9.47 Å². The third-order valence-corrected chi connectivity index (χ3v) is 6.21. The molecule has 0 saturated carbocycles. The second-order valence-electron chi connectivity index (χ2n) is 7.83. The van der Waals surface area contributed by atoms with Crippen LogP contribution in [-0.2, 0) is 16.1 Å². The van der Waals surface area contributed by atoms with Crippen molar-refractivity contribution in [1.29, 1.82) is 0 Å². The number of carbonyl (C=O) groups is 2. The number of rotatable bonds is 4. The minimum Gasteiger partial charge on any atom is -0.507 e. The second kappa shape index (κ2) is 8.75. The molecule has 3 aromatic carbocycles. The Morgan fingerprint density at radius 3 is 2.45 bits per heavy atom. The van der Waals surface area contributed by atoms with Crippen molar-refractivity contribution in [2.75, 3.05) is 13.2 Å². The van der Waals surface area contributed by atoms with Crippen molar-refractivity contribution in [3.8, 4) is 11.5 Å². The summed E-state index contributed by atoms with van der Waals surface area (Å²) in [6, 6.07) is 21.1. The van der Waals surface area contributed by atoms with Gasteiger partial charge in [0, 0.05) is 16.6 Å². The van der Waals surface area contributed by atoms with E-state index in [4.69, 9.17) is 9.47 Å². The highest BCUT2D eigenvalue weighted by Crippen LogP contribution is 2.42. The molecular formula is C26H20BrNO5. The average Bonchev–Trinajstić information content (AvgIpc) is 3.09. The molecule has 3 aromatic rings. The molecule has 2 aliphatic rings. The van der Waals surface area contributed by atoms with Gasteiger partial charge < -0.3 is 19.5 Å². The number of hydrogen-bond acceptors (Lipinski definition) is 5. The Balaban J connectivity index is 1.64. The molecule has 0 radical (unpaired) electrons. The molecule has 1 fully saturated rings. The van der Waals surface area contributed by atoms with Gasteiger partial charge in [-0.1, -0.05) is 58.4 Å². The standard InChI is InChI=1S/C26H20BrNO5/c27-19-8-4-7-17(13-19)23-22(24(29)18-9-10-20-21(14-18)33-12-11-32-20)25(30)26(31)28(23)15-16-5-2-1-3-6-16/h1-10,13-14,23,29H,11-12,15H2/t23-/m1/s1. The van der Waals surface area contributed by atoms with Crippen LogP contribution in [0.4, 0.5) is 0 Å². The number of likely N-dealkylation sites (tertiary alicyclic amines) is 1. The fourth-order valence-electron chi connectivity index (χ4n) is 4.19. The van der Waals surface area contributed by atoms with E-state index in [9.17, 15) is 14.7 Å². The molecule has 2 heterocycles. The molecule has 33 heavy (non-hydrogen) atoms. The number of benzene rings is 3. The van der Waals surface area contributed by atoms with E-state index in [2.05, 4.69) is 15.9 Å². The summed E-state index contributed by atoms with van der Waals surface area (Å²) < 4.78 is 12.0. The van der Waals surface area contributed by atoms with Crippen molar-refractivity contribution in [2.45, 2.75) is 12.6 Å². The zero-order chi connectivity index (χ0) is 22.9. The molecule has 166 valence electrons. The molecular weight excluding hydrogens is 486 g/mol. The Morgan fingerprint density at radius 2 is 1.70 bits per heavy atom. The van der Waals surface area contributed by atoms with Crippen LogP contribution in [0.15, 0.2) is 82.8 Å². The van der Waals surface area contributed by atoms with Gasteiger partial charge in [0.25, 0.3) is 11.7 Å². The Kier molecular flexibility index (Phi) is 5.64. The fraction of sp³-hybridized carbons (Fsp3) is 0.154. The van der Waals surface area contributed by atoms with E-state index in [0.717, 1.165) is 15.6 Å². The summed E-state index contributed by atoms with van der Waals surface area (Å²) in [4.78, 5) is 27.8. The normalized spacial score (nSPS) is 19.1. The second-order valence-corrected chi connectivity index (χ2v) is 8.74. The van der Waals surface area contributed by atoms with Gasteiger partial charge in [-0.3, -0.25) is 9.59 Å². The lowest BCUT2D eigenvalue weighted by Crippen LogP contribution is -2.29. The van der Waals surface area contributed by atoms with Crippen LogP contribution in [0.25, 0.3) is 5.76 Å². The van der Waals surface area contributed by atoms with Crippen LogP contribution in [0.3, 0.4) is 0 Å². The molecule has 7 heteroatoms. The zero-order valence-electron chi connectivity index (χ0n) is 17.5. The molecule has 2 aliphatic heterocycles. The predicted molar refractivity (Wildman–Crippen MR) is 126 cm³/mol. The third-order valence-electron chi connectivity index (χ3n) is 5.72. The Hall–Kier alpha value is -3.58. The maximum atomic E-state index is 13.2. The average molecular weight is 506 g/mol. The van der Waals surface area contributed by atoms with E-state index in [-0.39, 0.29) is 17.9 Å². The first kappa shape index (κ1) is 21.3. The van der Waals surface area contributed by atoms with Gasteiger partial charge >= 0.3 is 0 Å². The molecule has 1 atom stereocenters. The first-order chi connectivity index (χ1) is 16.0. The number of Topliss-reactive ketones (excluding diaryl/α,β-unsaturated/α-hetero) is 1. The van der Waals surface area contributed by atoms with Gasteiger partial charge in [-0.25, -0.2) is 0 Å². The maximum Gasteiger partial charge on any atom is 0.295 e. The molecule has 0 aliphatic carbocycles. The highest BCUT2D eigenvalue weighted by atomic mass is 79.9. The quantitative estimate of drug-likeness (QED) is 0.311. The van der Waals surface area contributed by atoms with Crippen molar-refractivity contribution >= 4 is 33.4 Å². The zero-order valence-corrected chi connectivity index (χ0v) is 19.1. The number of amides is 1. The number of fused-ring (bicyclic) bond motifs is 1. The van der Waals surface area contributed by atoms with Gasteiger partial charge in [-0.15, -0.1) is 0 Å². The molecule has 0 spiro atoms. The van der Waals surface area contributed by atoms with Crippen LogP contribution in [0, 0.1) is 0 Å². The van der Waals surface area contributed by atoms with Gasteiger partial charge in [0.05, 0.1) is 11.6 Å².